The monoisotopic (exact) mass is 484 g/mol. The molecule has 1 fully saturated rings. The minimum atomic E-state index is -0.512. The zero-order valence-corrected chi connectivity index (χ0v) is 19.1. The number of hydrogen-bond donors (Lipinski definition) is 1. The van der Waals surface area contributed by atoms with Gasteiger partial charge in [-0.2, -0.15) is 0 Å². The predicted octanol–water partition coefficient (Wildman–Crippen LogP) is 4.56. The smallest absolute Gasteiger partial charge is 0.270 e. The Bertz CT molecular complexity index is 1140. The minimum Gasteiger partial charge on any atom is -0.378 e. The van der Waals surface area contributed by atoms with Crippen LogP contribution in [-0.2, 0) is 11.3 Å². The van der Waals surface area contributed by atoms with Crippen molar-refractivity contribution in [3.63, 3.8) is 0 Å². The van der Waals surface area contributed by atoms with E-state index < -0.39 is 10.8 Å². The molecule has 0 aliphatic carbocycles. The van der Waals surface area contributed by atoms with E-state index in [0.717, 1.165) is 29.4 Å². The predicted molar refractivity (Wildman–Crippen MR) is 127 cm³/mol. The number of benzene rings is 2. The van der Waals surface area contributed by atoms with Crippen molar-refractivity contribution < 1.29 is 14.5 Å². The van der Waals surface area contributed by atoms with E-state index in [0.29, 0.717) is 23.1 Å². The highest BCUT2D eigenvalue weighted by Gasteiger charge is 2.18. The first-order valence-corrected chi connectivity index (χ1v) is 11.5. The van der Waals surface area contributed by atoms with Crippen LogP contribution in [0.25, 0.3) is 0 Å². The van der Waals surface area contributed by atoms with E-state index in [1.54, 1.807) is 24.4 Å². The number of nitrogens with zero attached hydrogens (tertiary/aromatic N) is 3. The Morgan fingerprint density at radius 1 is 1.15 bits per heavy atom. The Morgan fingerprint density at radius 2 is 1.91 bits per heavy atom. The van der Waals surface area contributed by atoms with Crippen molar-refractivity contribution >= 4 is 40.8 Å². The second kappa shape index (κ2) is 10.7. The number of halogens is 1. The summed E-state index contributed by atoms with van der Waals surface area (Å²) in [5, 5.41) is 14.7. The third-order valence-corrected chi connectivity index (χ3v) is 6.39. The van der Waals surface area contributed by atoms with Gasteiger partial charge in [-0.25, -0.2) is 4.98 Å². The van der Waals surface area contributed by atoms with Gasteiger partial charge < -0.3 is 15.0 Å². The van der Waals surface area contributed by atoms with Crippen LogP contribution in [0.4, 0.5) is 11.5 Å². The Morgan fingerprint density at radius 3 is 2.58 bits per heavy atom. The van der Waals surface area contributed by atoms with E-state index in [9.17, 15) is 14.9 Å². The first-order chi connectivity index (χ1) is 16.0. The number of non-ortho nitro benzene ring substituents is 1. The third-order valence-electron chi connectivity index (χ3n) is 5.06. The van der Waals surface area contributed by atoms with E-state index in [2.05, 4.69) is 15.2 Å². The lowest BCUT2D eigenvalue weighted by Gasteiger charge is -2.27. The molecule has 1 aliphatic heterocycles. The lowest BCUT2D eigenvalue weighted by Crippen LogP contribution is -2.36. The molecule has 1 aliphatic rings. The first kappa shape index (κ1) is 23.0. The molecule has 0 radical (unpaired) electrons. The summed E-state index contributed by atoms with van der Waals surface area (Å²) < 4.78 is 5.36. The molecule has 1 saturated heterocycles. The summed E-state index contributed by atoms with van der Waals surface area (Å²) in [6.07, 6.45) is 1.72. The summed E-state index contributed by atoms with van der Waals surface area (Å²) in [4.78, 5) is 31.8. The standard InChI is InChI=1S/C23H21ClN4O4S/c24-17-2-5-19(6-3-17)33-21-7-4-18(28(30)31)13-20(21)23(29)26-15-16-1-8-22(25-14-16)27-9-11-32-12-10-27/h1-8,13-14H,9-12,15H2,(H,26,29). The molecule has 33 heavy (non-hydrogen) atoms. The normalized spacial score (nSPS) is 13.5. The molecule has 170 valence electrons. The number of carbonyl (C=O) groups is 1. The molecule has 4 rings (SSSR count). The van der Waals surface area contributed by atoms with Gasteiger partial charge in [0.25, 0.3) is 11.6 Å². The van der Waals surface area contributed by atoms with E-state index >= 15 is 0 Å². The number of pyridine rings is 1. The molecule has 2 heterocycles. The van der Waals surface area contributed by atoms with Crippen LogP contribution in [0.2, 0.25) is 5.02 Å². The number of amides is 1. The zero-order chi connectivity index (χ0) is 23.2. The molecule has 3 aromatic rings. The fourth-order valence-electron chi connectivity index (χ4n) is 3.31. The molecule has 1 aromatic heterocycles. The summed E-state index contributed by atoms with van der Waals surface area (Å²) in [6.45, 7) is 3.20. The quantitative estimate of drug-likeness (QED) is 0.387. The zero-order valence-electron chi connectivity index (χ0n) is 17.6. The lowest BCUT2D eigenvalue weighted by atomic mass is 10.2. The van der Waals surface area contributed by atoms with Crippen molar-refractivity contribution in [1.29, 1.82) is 0 Å². The molecule has 2 aromatic carbocycles. The number of nitro benzene ring substituents is 1. The van der Waals surface area contributed by atoms with Crippen LogP contribution in [-0.4, -0.2) is 42.1 Å². The van der Waals surface area contributed by atoms with Crippen molar-refractivity contribution in [2.24, 2.45) is 0 Å². The number of rotatable bonds is 7. The van der Waals surface area contributed by atoms with Gasteiger partial charge in [-0.15, -0.1) is 0 Å². The van der Waals surface area contributed by atoms with Gasteiger partial charge >= 0.3 is 0 Å². The van der Waals surface area contributed by atoms with Crippen molar-refractivity contribution in [2.45, 2.75) is 16.3 Å². The van der Waals surface area contributed by atoms with Crippen molar-refractivity contribution in [2.75, 3.05) is 31.2 Å². The maximum absolute atomic E-state index is 13.0. The van der Waals surface area contributed by atoms with E-state index in [1.807, 2.05) is 24.3 Å². The minimum absolute atomic E-state index is 0.142. The van der Waals surface area contributed by atoms with Crippen LogP contribution in [0.1, 0.15) is 15.9 Å². The largest absolute Gasteiger partial charge is 0.378 e. The number of ether oxygens (including phenoxy) is 1. The number of nitrogens with one attached hydrogen (secondary N) is 1. The topological polar surface area (TPSA) is 97.6 Å². The Balaban J connectivity index is 1.47. The van der Waals surface area contributed by atoms with Crippen LogP contribution in [0.15, 0.2) is 70.6 Å². The summed E-state index contributed by atoms with van der Waals surface area (Å²) in [6, 6.07) is 15.3. The van der Waals surface area contributed by atoms with Gasteiger partial charge in [0.15, 0.2) is 0 Å². The van der Waals surface area contributed by atoms with Crippen LogP contribution in [0.5, 0.6) is 0 Å². The molecular formula is C23H21ClN4O4S. The average molecular weight is 485 g/mol. The van der Waals surface area contributed by atoms with Crippen LogP contribution in [0.3, 0.4) is 0 Å². The summed E-state index contributed by atoms with van der Waals surface area (Å²) in [7, 11) is 0. The Labute approximate surface area is 200 Å². The van der Waals surface area contributed by atoms with Gasteiger partial charge in [-0.1, -0.05) is 29.4 Å². The Kier molecular flexibility index (Phi) is 7.43. The first-order valence-electron chi connectivity index (χ1n) is 10.3. The second-order valence-corrected chi connectivity index (χ2v) is 8.85. The van der Waals surface area contributed by atoms with Crippen molar-refractivity contribution in [3.8, 4) is 0 Å². The molecule has 0 saturated carbocycles. The molecular weight excluding hydrogens is 464 g/mol. The van der Waals surface area contributed by atoms with Gasteiger partial charge in [0.1, 0.15) is 5.82 Å². The molecule has 0 bridgehead atoms. The third kappa shape index (κ3) is 6.01. The summed E-state index contributed by atoms with van der Waals surface area (Å²) in [5.74, 6) is 0.473. The van der Waals surface area contributed by atoms with Gasteiger partial charge in [0, 0.05) is 52.8 Å². The molecule has 8 nitrogen and oxygen atoms in total. The van der Waals surface area contributed by atoms with Gasteiger partial charge in [-0.3, -0.25) is 14.9 Å². The second-order valence-electron chi connectivity index (χ2n) is 7.30. The fraction of sp³-hybridized carbons (Fsp3) is 0.217. The average Bonchev–Trinajstić information content (AvgIpc) is 2.85. The highest BCUT2D eigenvalue weighted by atomic mass is 35.5. The molecule has 0 spiro atoms. The van der Waals surface area contributed by atoms with Gasteiger partial charge in [0.05, 0.1) is 23.7 Å². The highest BCUT2D eigenvalue weighted by Crippen LogP contribution is 2.33. The van der Waals surface area contributed by atoms with Crippen molar-refractivity contribution in [1.82, 2.24) is 10.3 Å². The SMILES string of the molecule is O=C(NCc1ccc(N2CCOCC2)nc1)c1cc([N+](=O)[O-])ccc1Sc1ccc(Cl)cc1. The van der Waals surface area contributed by atoms with Gasteiger partial charge in [-0.05, 0) is 42.0 Å². The maximum atomic E-state index is 13.0. The summed E-state index contributed by atoms with van der Waals surface area (Å²) >= 11 is 7.28. The molecule has 1 amide bonds. The molecule has 0 atom stereocenters. The van der Waals surface area contributed by atoms with E-state index in [-0.39, 0.29) is 17.8 Å². The Hall–Kier alpha value is -3.14. The lowest BCUT2D eigenvalue weighted by molar-refractivity contribution is -0.384. The summed E-state index contributed by atoms with van der Waals surface area (Å²) in [5.41, 5.74) is 0.928. The number of nitro groups is 1. The number of hydrogen-bond acceptors (Lipinski definition) is 7. The van der Waals surface area contributed by atoms with Crippen LogP contribution in [0, 0.1) is 10.1 Å². The number of aromatic nitrogens is 1. The molecule has 0 unspecified atom stereocenters. The highest BCUT2D eigenvalue weighted by molar-refractivity contribution is 7.99. The van der Waals surface area contributed by atoms with E-state index in [4.69, 9.17) is 16.3 Å². The fourth-order valence-corrected chi connectivity index (χ4v) is 4.36. The molecule has 10 heteroatoms. The number of carbonyl (C=O) groups excluding carboxylic acids is 1. The maximum Gasteiger partial charge on any atom is 0.270 e. The molecule has 1 N–H and O–H groups in total. The van der Waals surface area contributed by atoms with Crippen LogP contribution >= 0.6 is 23.4 Å². The van der Waals surface area contributed by atoms with Crippen molar-refractivity contribution in [3.05, 3.63) is 87.1 Å². The number of anilines is 1. The van der Waals surface area contributed by atoms with Gasteiger partial charge in [0.2, 0.25) is 0 Å². The van der Waals surface area contributed by atoms with Crippen LogP contribution < -0.4 is 10.2 Å². The van der Waals surface area contributed by atoms with E-state index in [1.165, 1.54) is 23.9 Å². The number of morpholine rings is 1.